The number of rotatable bonds is 6. The van der Waals surface area contributed by atoms with Crippen molar-refractivity contribution in [1.82, 2.24) is 25.5 Å². The molecule has 0 aliphatic rings. The number of hydrogen-bond donors (Lipinski definition) is 2. The lowest BCUT2D eigenvalue weighted by molar-refractivity contribution is 0.0526. The molecule has 0 saturated heterocycles. The Kier molecular flexibility index (Phi) is 4.77. The van der Waals surface area contributed by atoms with Crippen LogP contribution in [0.2, 0.25) is 0 Å². The first-order valence-corrected chi connectivity index (χ1v) is 6.83. The first-order valence-electron chi connectivity index (χ1n) is 5.95. The number of ether oxygens (including phenoxy) is 1. The Morgan fingerprint density at radius 2 is 2.35 bits per heavy atom. The van der Waals surface area contributed by atoms with E-state index in [1.54, 1.807) is 6.92 Å². The molecule has 0 atom stereocenters. The third kappa shape index (κ3) is 3.60. The zero-order valence-corrected chi connectivity index (χ0v) is 11.6. The van der Waals surface area contributed by atoms with Crippen molar-refractivity contribution in [3.8, 4) is 0 Å². The van der Waals surface area contributed by atoms with Crippen LogP contribution in [0.5, 0.6) is 0 Å². The minimum Gasteiger partial charge on any atom is -0.461 e. The Labute approximate surface area is 118 Å². The fraction of sp³-hybridized carbons (Fsp3) is 0.364. The van der Waals surface area contributed by atoms with Gasteiger partial charge in [0.25, 0.3) is 5.91 Å². The summed E-state index contributed by atoms with van der Waals surface area (Å²) in [7, 11) is 0. The molecule has 0 saturated carbocycles. The van der Waals surface area contributed by atoms with Crippen LogP contribution in [-0.2, 0) is 11.2 Å². The molecule has 2 aromatic heterocycles. The van der Waals surface area contributed by atoms with Crippen LogP contribution < -0.4 is 5.32 Å². The number of carbonyl (C=O) groups is 2. The third-order valence-corrected chi connectivity index (χ3v) is 3.12. The molecule has 0 unspecified atom stereocenters. The monoisotopic (exact) mass is 295 g/mol. The second-order valence-electron chi connectivity index (χ2n) is 3.70. The highest BCUT2D eigenvalue weighted by Crippen LogP contribution is 2.11. The van der Waals surface area contributed by atoms with Gasteiger partial charge in [0.05, 0.1) is 6.61 Å². The minimum absolute atomic E-state index is 0.173. The van der Waals surface area contributed by atoms with E-state index in [0.29, 0.717) is 18.8 Å². The van der Waals surface area contributed by atoms with Gasteiger partial charge in [0.1, 0.15) is 17.8 Å². The van der Waals surface area contributed by atoms with Gasteiger partial charge in [0.2, 0.25) is 5.01 Å². The lowest BCUT2D eigenvalue weighted by Crippen LogP contribution is -2.26. The standard InChI is InChI=1S/C11H13N5O3S/c1-2-19-11(18)10-15-7(5-20-10)9(17)12-4-3-8-13-6-14-16-8/h5-6H,2-4H2,1H3,(H,12,17)(H,13,14,16). The maximum absolute atomic E-state index is 11.8. The molecule has 9 heteroatoms. The molecule has 20 heavy (non-hydrogen) atoms. The normalized spacial score (nSPS) is 10.2. The summed E-state index contributed by atoms with van der Waals surface area (Å²) in [6.45, 7) is 2.39. The maximum atomic E-state index is 11.8. The zero-order chi connectivity index (χ0) is 14.4. The summed E-state index contributed by atoms with van der Waals surface area (Å²) in [5.74, 6) is -0.162. The summed E-state index contributed by atoms with van der Waals surface area (Å²) < 4.78 is 4.81. The topological polar surface area (TPSA) is 110 Å². The number of H-pyrrole nitrogens is 1. The van der Waals surface area contributed by atoms with Crippen LogP contribution >= 0.6 is 11.3 Å². The SMILES string of the molecule is CCOC(=O)c1nc(C(=O)NCCc2ncn[nH]2)cs1. The van der Waals surface area contributed by atoms with Crippen molar-refractivity contribution in [3.05, 3.63) is 28.2 Å². The number of hydrogen-bond acceptors (Lipinski definition) is 7. The van der Waals surface area contributed by atoms with E-state index in [-0.39, 0.29) is 23.2 Å². The average Bonchev–Trinajstić information content (AvgIpc) is 3.10. The number of nitrogens with one attached hydrogen (secondary N) is 2. The Balaban J connectivity index is 1.84. The van der Waals surface area contributed by atoms with E-state index in [1.807, 2.05) is 0 Å². The Hall–Kier alpha value is -2.29. The summed E-state index contributed by atoms with van der Waals surface area (Å²) in [5.41, 5.74) is 0.204. The van der Waals surface area contributed by atoms with Gasteiger partial charge in [-0.3, -0.25) is 9.89 Å². The zero-order valence-electron chi connectivity index (χ0n) is 10.8. The van der Waals surface area contributed by atoms with Crippen molar-refractivity contribution in [3.63, 3.8) is 0 Å². The fourth-order valence-corrected chi connectivity index (χ4v) is 2.09. The van der Waals surface area contributed by atoms with Gasteiger partial charge in [0.15, 0.2) is 0 Å². The van der Waals surface area contributed by atoms with Crippen molar-refractivity contribution >= 4 is 23.2 Å². The van der Waals surface area contributed by atoms with Crippen LogP contribution in [0.4, 0.5) is 0 Å². The molecular formula is C11H13N5O3S. The van der Waals surface area contributed by atoms with Crippen LogP contribution in [0.3, 0.4) is 0 Å². The molecule has 106 valence electrons. The van der Waals surface area contributed by atoms with Crippen molar-refractivity contribution in [1.29, 1.82) is 0 Å². The second-order valence-corrected chi connectivity index (χ2v) is 4.55. The molecule has 0 aliphatic heterocycles. The Morgan fingerprint density at radius 1 is 1.50 bits per heavy atom. The van der Waals surface area contributed by atoms with E-state index in [2.05, 4.69) is 25.5 Å². The molecule has 0 aromatic carbocycles. The van der Waals surface area contributed by atoms with Crippen molar-refractivity contribution < 1.29 is 14.3 Å². The predicted octanol–water partition coefficient (Wildman–Crippen LogP) is 0.410. The first kappa shape index (κ1) is 14.1. The fourth-order valence-electron chi connectivity index (χ4n) is 1.40. The van der Waals surface area contributed by atoms with Gasteiger partial charge in [-0.2, -0.15) is 5.10 Å². The molecule has 0 fully saturated rings. The smallest absolute Gasteiger partial charge is 0.367 e. The summed E-state index contributed by atoms with van der Waals surface area (Å²) in [5, 5.41) is 10.8. The molecule has 0 radical (unpaired) electrons. The highest BCUT2D eigenvalue weighted by Gasteiger charge is 2.15. The van der Waals surface area contributed by atoms with E-state index in [1.165, 1.54) is 11.7 Å². The van der Waals surface area contributed by atoms with Gasteiger partial charge in [0, 0.05) is 18.3 Å². The van der Waals surface area contributed by atoms with E-state index < -0.39 is 5.97 Å². The molecule has 1 amide bonds. The maximum Gasteiger partial charge on any atom is 0.367 e. The molecule has 2 N–H and O–H groups in total. The largest absolute Gasteiger partial charge is 0.461 e. The molecule has 2 aromatic rings. The highest BCUT2D eigenvalue weighted by atomic mass is 32.1. The van der Waals surface area contributed by atoms with Crippen LogP contribution in [0.25, 0.3) is 0 Å². The third-order valence-electron chi connectivity index (χ3n) is 2.30. The van der Waals surface area contributed by atoms with E-state index >= 15 is 0 Å². The van der Waals surface area contributed by atoms with Crippen LogP contribution in [0.1, 0.15) is 33.0 Å². The summed E-state index contributed by atoms with van der Waals surface area (Å²) >= 11 is 1.08. The van der Waals surface area contributed by atoms with E-state index in [0.717, 1.165) is 11.3 Å². The minimum atomic E-state index is -0.516. The van der Waals surface area contributed by atoms with Crippen molar-refractivity contribution in [2.24, 2.45) is 0 Å². The number of carbonyl (C=O) groups excluding carboxylic acids is 2. The number of nitrogens with zero attached hydrogens (tertiary/aromatic N) is 3. The van der Waals surface area contributed by atoms with Crippen LogP contribution in [0, 0.1) is 0 Å². The predicted molar refractivity (Wildman–Crippen MR) is 70.5 cm³/mol. The summed E-state index contributed by atoms with van der Waals surface area (Å²) in [4.78, 5) is 31.1. The lowest BCUT2D eigenvalue weighted by atomic mass is 10.4. The van der Waals surface area contributed by atoms with Crippen LogP contribution in [-0.4, -0.2) is 45.2 Å². The highest BCUT2D eigenvalue weighted by molar-refractivity contribution is 7.11. The molecular weight excluding hydrogens is 282 g/mol. The molecule has 0 spiro atoms. The van der Waals surface area contributed by atoms with Gasteiger partial charge in [-0.15, -0.1) is 11.3 Å². The second kappa shape index (κ2) is 6.75. The Bertz CT molecular complexity index is 581. The quantitative estimate of drug-likeness (QED) is 0.747. The number of amides is 1. The van der Waals surface area contributed by atoms with Crippen molar-refractivity contribution in [2.75, 3.05) is 13.2 Å². The van der Waals surface area contributed by atoms with Crippen molar-refractivity contribution in [2.45, 2.75) is 13.3 Å². The van der Waals surface area contributed by atoms with Gasteiger partial charge in [-0.25, -0.2) is 14.8 Å². The number of esters is 1. The Morgan fingerprint density at radius 3 is 3.05 bits per heavy atom. The summed E-state index contributed by atoms with van der Waals surface area (Å²) in [6, 6.07) is 0. The van der Waals surface area contributed by atoms with Gasteiger partial charge in [-0.1, -0.05) is 0 Å². The van der Waals surface area contributed by atoms with Crippen LogP contribution in [0.15, 0.2) is 11.7 Å². The van der Waals surface area contributed by atoms with Gasteiger partial charge >= 0.3 is 5.97 Å². The molecule has 0 bridgehead atoms. The average molecular weight is 295 g/mol. The summed E-state index contributed by atoms with van der Waals surface area (Å²) in [6.07, 6.45) is 1.95. The van der Waals surface area contributed by atoms with E-state index in [4.69, 9.17) is 4.74 Å². The molecule has 8 nitrogen and oxygen atoms in total. The number of aromatic amines is 1. The molecule has 2 rings (SSSR count). The number of thiazole rings is 1. The molecule has 2 heterocycles. The first-order chi connectivity index (χ1) is 9.70. The van der Waals surface area contributed by atoms with E-state index in [9.17, 15) is 9.59 Å². The molecule has 0 aliphatic carbocycles. The van der Waals surface area contributed by atoms with Gasteiger partial charge in [-0.05, 0) is 6.92 Å². The lowest BCUT2D eigenvalue weighted by Gasteiger charge is -2.00. The van der Waals surface area contributed by atoms with Gasteiger partial charge < -0.3 is 10.1 Å². The number of aromatic nitrogens is 4.